The molecule has 17 heavy (non-hydrogen) atoms. The Morgan fingerprint density at radius 1 is 1.24 bits per heavy atom. The summed E-state index contributed by atoms with van der Waals surface area (Å²) in [5.74, 6) is 1.77. The van der Waals surface area contributed by atoms with Crippen LogP contribution in [0.5, 0.6) is 11.5 Å². The molecule has 0 saturated carbocycles. The van der Waals surface area contributed by atoms with Gasteiger partial charge in [-0.15, -0.1) is 0 Å². The molecule has 1 aromatic heterocycles. The maximum absolute atomic E-state index is 8.70. The van der Waals surface area contributed by atoms with E-state index in [9.17, 15) is 0 Å². The SMILES string of the molecule is N#Cc1ncc(-c2ccc3c(c2)OCCO3)[nH]1. The lowest BCUT2D eigenvalue weighted by atomic mass is 10.1. The predicted molar refractivity (Wildman–Crippen MR) is 59.7 cm³/mol. The second kappa shape index (κ2) is 3.83. The number of fused-ring (bicyclic) bond motifs is 1. The van der Waals surface area contributed by atoms with Gasteiger partial charge in [-0.25, -0.2) is 4.98 Å². The summed E-state index contributed by atoms with van der Waals surface area (Å²) in [6.45, 7) is 1.14. The zero-order valence-corrected chi connectivity index (χ0v) is 8.93. The van der Waals surface area contributed by atoms with E-state index in [1.807, 2.05) is 24.3 Å². The van der Waals surface area contributed by atoms with Gasteiger partial charge in [-0.2, -0.15) is 5.26 Å². The maximum atomic E-state index is 8.70. The molecule has 0 saturated heterocycles. The van der Waals surface area contributed by atoms with Gasteiger partial charge in [0.05, 0.1) is 11.9 Å². The van der Waals surface area contributed by atoms with Crippen LogP contribution in [0.2, 0.25) is 0 Å². The minimum atomic E-state index is 0.301. The third-order valence-electron chi connectivity index (χ3n) is 2.53. The Balaban J connectivity index is 2.01. The summed E-state index contributed by atoms with van der Waals surface area (Å²) < 4.78 is 10.9. The van der Waals surface area contributed by atoms with Crippen LogP contribution in [0.4, 0.5) is 0 Å². The number of hydrogen-bond donors (Lipinski definition) is 1. The zero-order valence-electron chi connectivity index (χ0n) is 8.93. The summed E-state index contributed by atoms with van der Waals surface area (Å²) in [5.41, 5.74) is 1.71. The summed E-state index contributed by atoms with van der Waals surface area (Å²) in [6, 6.07) is 7.60. The average molecular weight is 227 g/mol. The van der Waals surface area contributed by atoms with Crippen molar-refractivity contribution >= 4 is 0 Å². The van der Waals surface area contributed by atoms with Gasteiger partial charge in [0.2, 0.25) is 5.82 Å². The number of imidazole rings is 1. The number of benzene rings is 1. The fraction of sp³-hybridized carbons (Fsp3) is 0.167. The number of nitriles is 1. The second-order valence-electron chi connectivity index (χ2n) is 3.62. The van der Waals surface area contributed by atoms with E-state index in [0.29, 0.717) is 19.0 Å². The number of aromatic amines is 1. The van der Waals surface area contributed by atoms with Crippen LogP contribution in [0.25, 0.3) is 11.3 Å². The zero-order chi connectivity index (χ0) is 11.7. The summed E-state index contributed by atoms with van der Waals surface area (Å²) in [6.07, 6.45) is 1.63. The molecular weight excluding hydrogens is 218 g/mol. The second-order valence-corrected chi connectivity index (χ2v) is 3.62. The topological polar surface area (TPSA) is 70.9 Å². The summed E-state index contributed by atoms with van der Waals surface area (Å²) in [7, 11) is 0. The molecule has 0 unspecified atom stereocenters. The molecule has 0 aliphatic carbocycles. The van der Waals surface area contributed by atoms with E-state index in [1.165, 1.54) is 0 Å². The molecule has 2 heterocycles. The normalized spacial score (nSPS) is 13.1. The van der Waals surface area contributed by atoms with Gasteiger partial charge in [0.1, 0.15) is 19.3 Å². The number of H-pyrrole nitrogens is 1. The lowest BCUT2D eigenvalue weighted by Crippen LogP contribution is -2.15. The minimum Gasteiger partial charge on any atom is -0.486 e. The molecule has 1 aromatic carbocycles. The molecule has 2 aromatic rings. The van der Waals surface area contributed by atoms with Crippen LogP contribution in [0.3, 0.4) is 0 Å². The number of aromatic nitrogens is 2. The van der Waals surface area contributed by atoms with Gasteiger partial charge in [0, 0.05) is 5.56 Å². The van der Waals surface area contributed by atoms with E-state index < -0.39 is 0 Å². The Morgan fingerprint density at radius 2 is 2.06 bits per heavy atom. The van der Waals surface area contributed by atoms with Crippen molar-refractivity contribution in [3.05, 3.63) is 30.2 Å². The number of nitrogens with zero attached hydrogens (tertiary/aromatic N) is 2. The first-order chi connectivity index (χ1) is 8.36. The highest BCUT2D eigenvalue weighted by molar-refractivity contribution is 5.64. The average Bonchev–Trinajstić information content (AvgIpc) is 2.87. The third-order valence-corrected chi connectivity index (χ3v) is 2.53. The Labute approximate surface area is 97.6 Å². The molecule has 1 aliphatic rings. The van der Waals surface area contributed by atoms with Crippen molar-refractivity contribution in [2.24, 2.45) is 0 Å². The van der Waals surface area contributed by atoms with E-state index in [0.717, 1.165) is 22.8 Å². The molecular formula is C12H9N3O2. The molecule has 0 bridgehead atoms. The van der Waals surface area contributed by atoms with Crippen LogP contribution in [0, 0.1) is 11.3 Å². The van der Waals surface area contributed by atoms with Crippen molar-refractivity contribution in [3.8, 4) is 28.8 Å². The van der Waals surface area contributed by atoms with Gasteiger partial charge in [-0.05, 0) is 18.2 Å². The number of rotatable bonds is 1. The summed E-state index contributed by atoms with van der Waals surface area (Å²) in [5, 5.41) is 8.70. The van der Waals surface area contributed by atoms with Gasteiger partial charge in [-0.3, -0.25) is 0 Å². The highest BCUT2D eigenvalue weighted by Crippen LogP contribution is 2.33. The first-order valence-electron chi connectivity index (χ1n) is 5.22. The van der Waals surface area contributed by atoms with Crippen LogP contribution < -0.4 is 9.47 Å². The number of ether oxygens (including phenoxy) is 2. The quantitative estimate of drug-likeness (QED) is 0.805. The Kier molecular flexibility index (Phi) is 2.19. The third kappa shape index (κ3) is 1.70. The predicted octanol–water partition coefficient (Wildman–Crippen LogP) is 1.72. The number of nitrogens with one attached hydrogen (secondary N) is 1. The monoisotopic (exact) mass is 227 g/mol. The Bertz CT molecular complexity index is 598. The first-order valence-corrected chi connectivity index (χ1v) is 5.22. The molecule has 0 spiro atoms. The fourth-order valence-electron chi connectivity index (χ4n) is 1.74. The molecule has 5 nitrogen and oxygen atoms in total. The van der Waals surface area contributed by atoms with E-state index in [2.05, 4.69) is 9.97 Å². The smallest absolute Gasteiger partial charge is 0.210 e. The molecule has 3 rings (SSSR count). The van der Waals surface area contributed by atoms with Gasteiger partial charge in [0.25, 0.3) is 0 Å². The summed E-state index contributed by atoms with van der Waals surface area (Å²) >= 11 is 0. The Hall–Kier alpha value is -2.48. The summed E-state index contributed by atoms with van der Waals surface area (Å²) in [4.78, 5) is 6.85. The minimum absolute atomic E-state index is 0.301. The van der Waals surface area contributed by atoms with Crippen LogP contribution in [0.15, 0.2) is 24.4 Å². The molecule has 0 radical (unpaired) electrons. The van der Waals surface area contributed by atoms with Crippen molar-refractivity contribution in [1.29, 1.82) is 5.26 Å². The molecule has 0 atom stereocenters. The molecule has 1 N–H and O–H groups in total. The van der Waals surface area contributed by atoms with E-state index in [4.69, 9.17) is 14.7 Å². The van der Waals surface area contributed by atoms with Crippen molar-refractivity contribution < 1.29 is 9.47 Å². The highest BCUT2D eigenvalue weighted by Gasteiger charge is 2.13. The van der Waals surface area contributed by atoms with Crippen molar-refractivity contribution in [2.45, 2.75) is 0 Å². The van der Waals surface area contributed by atoms with Gasteiger partial charge in [0.15, 0.2) is 11.5 Å². The van der Waals surface area contributed by atoms with E-state index in [-0.39, 0.29) is 0 Å². The highest BCUT2D eigenvalue weighted by atomic mass is 16.6. The lowest BCUT2D eigenvalue weighted by molar-refractivity contribution is 0.171. The van der Waals surface area contributed by atoms with Crippen LogP contribution in [-0.2, 0) is 0 Å². The largest absolute Gasteiger partial charge is 0.486 e. The molecule has 84 valence electrons. The maximum Gasteiger partial charge on any atom is 0.210 e. The van der Waals surface area contributed by atoms with Crippen molar-refractivity contribution in [3.63, 3.8) is 0 Å². The van der Waals surface area contributed by atoms with Crippen molar-refractivity contribution in [1.82, 2.24) is 9.97 Å². The van der Waals surface area contributed by atoms with Crippen molar-refractivity contribution in [2.75, 3.05) is 13.2 Å². The molecule has 5 heteroatoms. The van der Waals surface area contributed by atoms with Gasteiger partial charge in [-0.1, -0.05) is 0 Å². The fourth-order valence-corrected chi connectivity index (χ4v) is 1.74. The molecule has 0 fully saturated rings. The first kappa shape index (κ1) is 9.73. The van der Waals surface area contributed by atoms with Crippen LogP contribution in [-0.4, -0.2) is 23.2 Å². The lowest BCUT2D eigenvalue weighted by Gasteiger charge is -2.18. The van der Waals surface area contributed by atoms with Crippen LogP contribution in [0.1, 0.15) is 5.82 Å². The standard InChI is InChI=1S/C12H9N3O2/c13-6-12-14-7-9(15-12)8-1-2-10-11(5-8)17-4-3-16-10/h1-2,5,7H,3-4H2,(H,14,15). The van der Waals surface area contributed by atoms with E-state index >= 15 is 0 Å². The Morgan fingerprint density at radius 3 is 2.82 bits per heavy atom. The van der Waals surface area contributed by atoms with Crippen LogP contribution >= 0.6 is 0 Å². The van der Waals surface area contributed by atoms with Gasteiger partial charge < -0.3 is 14.5 Å². The molecule has 0 amide bonds. The number of hydrogen-bond acceptors (Lipinski definition) is 4. The molecule has 1 aliphatic heterocycles. The van der Waals surface area contributed by atoms with Gasteiger partial charge >= 0.3 is 0 Å². The van der Waals surface area contributed by atoms with E-state index in [1.54, 1.807) is 6.20 Å².